The lowest BCUT2D eigenvalue weighted by Crippen LogP contribution is -2.29. The van der Waals surface area contributed by atoms with Crippen molar-refractivity contribution in [1.29, 1.82) is 0 Å². The highest BCUT2D eigenvalue weighted by atomic mass is 31.2. The Morgan fingerprint density at radius 1 is 0.696 bits per heavy atom. The molecule has 10 heteroatoms. The Hall–Kier alpha value is -1.32. The lowest BCUT2D eigenvalue weighted by Gasteiger charge is -2.20. The van der Waals surface area contributed by atoms with Crippen LogP contribution in [0, 0.1) is 0 Å². The number of hydrogen-bond donors (Lipinski definition) is 3. The third-order valence-corrected chi connectivity index (χ3v) is 8.29. The lowest BCUT2D eigenvalue weighted by molar-refractivity contribution is -0.154. The number of phosphoric acid groups is 1. The molecule has 3 atom stereocenters. The molecule has 0 aliphatic carbocycles. The zero-order valence-electron chi connectivity index (χ0n) is 29.0. The molecule has 0 amide bonds. The van der Waals surface area contributed by atoms with Crippen molar-refractivity contribution in [2.24, 2.45) is 0 Å². The van der Waals surface area contributed by atoms with E-state index in [0.29, 0.717) is 6.61 Å². The van der Waals surface area contributed by atoms with Crippen LogP contribution in [0.3, 0.4) is 0 Å². The van der Waals surface area contributed by atoms with Crippen LogP contribution in [0.25, 0.3) is 0 Å². The number of carbonyl (C=O) groups is 1. The summed E-state index contributed by atoms with van der Waals surface area (Å²) >= 11 is 0. The van der Waals surface area contributed by atoms with Gasteiger partial charge in [0.05, 0.1) is 26.4 Å². The number of ether oxygens (including phenoxy) is 2. The molecule has 0 aliphatic heterocycles. The van der Waals surface area contributed by atoms with Gasteiger partial charge in [0, 0.05) is 13.0 Å². The van der Waals surface area contributed by atoms with Crippen molar-refractivity contribution >= 4 is 13.8 Å². The molecule has 270 valence electrons. The van der Waals surface area contributed by atoms with Gasteiger partial charge in [-0.2, -0.15) is 0 Å². The third kappa shape index (κ3) is 32.6. The van der Waals surface area contributed by atoms with E-state index in [2.05, 4.69) is 50.3 Å². The van der Waals surface area contributed by atoms with Gasteiger partial charge in [0.25, 0.3) is 0 Å². The first kappa shape index (κ1) is 44.7. The summed E-state index contributed by atoms with van der Waals surface area (Å²) in [4.78, 5) is 22.4. The minimum absolute atomic E-state index is 0.0457. The van der Waals surface area contributed by atoms with E-state index in [-0.39, 0.29) is 19.6 Å². The number of rotatable bonds is 34. The van der Waals surface area contributed by atoms with E-state index in [4.69, 9.17) is 23.6 Å². The zero-order chi connectivity index (χ0) is 34.0. The first-order valence-electron chi connectivity index (χ1n) is 18.0. The minimum atomic E-state index is -4.50. The van der Waals surface area contributed by atoms with E-state index in [1.807, 2.05) is 0 Å². The Morgan fingerprint density at radius 2 is 1.24 bits per heavy atom. The van der Waals surface area contributed by atoms with E-state index in [9.17, 15) is 19.4 Å². The summed E-state index contributed by atoms with van der Waals surface area (Å²) in [6.45, 7) is 3.35. The Balaban J connectivity index is 4.21. The molecular weight excluding hydrogens is 607 g/mol. The molecule has 0 aromatic heterocycles. The summed E-state index contributed by atoms with van der Waals surface area (Å²) < 4.78 is 33.1. The van der Waals surface area contributed by atoms with Gasteiger partial charge in [-0.05, 0) is 44.9 Å². The summed E-state index contributed by atoms with van der Waals surface area (Å²) in [5.41, 5.74) is 0. The minimum Gasteiger partial charge on any atom is -0.457 e. The van der Waals surface area contributed by atoms with Gasteiger partial charge in [-0.15, -0.1) is 0 Å². The molecule has 3 N–H and O–H groups in total. The average Bonchev–Trinajstić information content (AvgIpc) is 3.04. The van der Waals surface area contributed by atoms with Crippen molar-refractivity contribution in [3.8, 4) is 0 Å². The van der Waals surface area contributed by atoms with E-state index >= 15 is 0 Å². The number of allylic oxidation sites excluding steroid dienone is 6. The number of esters is 1. The highest BCUT2D eigenvalue weighted by Gasteiger charge is 2.26. The number of phosphoric ester groups is 1. The molecule has 9 nitrogen and oxygen atoms in total. The zero-order valence-corrected chi connectivity index (χ0v) is 29.9. The Kier molecular flexibility index (Phi) is 32.6. The molecule has 0 aromatic rings. The first-order valence-corrected chi connectivity index (χ1v) is 19.5. The second kappa shape index (κ2) is 33.6. The van der Waals surface area contributed by atoms with Crippen molar-refractivity contribution in [3.63, 3.8) is 0 Å². The topological polar surface area (TPSA) is 132 Å². The monoisotopic (exact) mass is 674 g/mol. The molecule has 3 unspecified atom stereocenters. The molecule has 0 heterocycles. The van der Waals surface area contributed by atoms with Crippen LogP contribution in [-0.2, 0) is 27.9 Å². The average molecular weight is 675 g/mol. The first-order chi connectivity index (χ1) is 22.3. The smallest absolute Gasteiger partial charge is 0.457 e. The van der Waals surface area contributed by atoms with Crippen LogP contribution in [0.15, 0.2) is 36.5 Å². The van der Waals surface area contributed by atoms with E-state index in [1.165, 1.54) is 51.4 Å². The van der Waals surface area contributed by atoms with Gasteiger partial charge >= 0.3 is 13.8 Å². The second-order valence-corrected chi connectivity index (χ2v) is 13.3. The Morgan fingerprint density at radius 3 is 1.87 bits per heavy atom. The van der Waals surface area contributed by atoms with Gasteiger partial charge in [-0.1, -0.05) is 127 Å². The van der Waals surface area contributed by atoms with Crippen molar-refractivity contribution in [2.45, 2.75) is 154 Å². The standard InChI is InChI=1S/C36H67O9P/c1-3-5-7-9-11-13-14-15-16-17-18-19-20-21-22-24-26-28-36(39)45-35(33-44-46(40,41)43-31-34(38)30-37)32-42-29-27-25-23-12-10-8-6-4-2/h5,7,11,13,15-16,34-35,37-38H,3-4,6,8-10,12,14,17-33H2,1-2H3,(H,40,41)/b7-5-,13-11-,16-15-. The molecule has 0 radical (unpaired) electrons. The summed E-state index contributed by atoms with van der Waals surface area (Å²) in [6.07, 6.45) is 32.5. The molecule has 46 heavy (non-hydrogen) atoms. The Labute approximate surface area is 280 Å². The van der Waals surface area contributed by atoms with Crippen molar-refractivity contribution in [3.05, 3.63) is 36.5 Å². The maximum Gasteiger partial charge on any atom is 0.472 e. The quantitative estimate of drug-likeness (QED) is 0.0265. The normalized spacial score (nSPS) is 14.8. The second-order valence-electron chi connectivity index (χ2n) is 11.9. The Bertz CT molecular complexity index is 815. The molecule has 0 aromatic carbocycles. The van der Waals surface area contributed by atoms with Gasteiger partial charge < -0.3 is 24.6 Å². The molecule has 0 aliphatic rings. The predicted molar refractivity (Wildman–Crippen MR) is 187 cm³/mol. The molecule has 0 bridgehead atoms. The maximum absolute atomic E-state index is 12.5. The van der Waals surface area contributed by atoms with Gasteiger partial charge in [-0.3, -0.25) is 13.8 Å². The summed E-state index contributed by atoms with van der Waals surface area (Å²) in [5, 5.41) is 18.2. The number of carbonyl (C=O) groups excluding carboxylic acids is 1. The predicted octanol–water partition coefficient (Wildman–Crippen LogP) is 8.91. The van der Waals surface area contributed by atoms with E-state index < -0.39 is 39.2 Å². The third-order valence-electron chi connectivity index (χ3n) is 7.34. The largest absolute Gasteiger partial charge is 0.472 e. The fourth-order valence-electron chi connectivity index (χ4n) is 4.60. The van der Waals surface area contributed by atoms with E-state index in [1.54, 1.807) is 0 Å². The van der Waals surface area contributed by atoms with Crippen LogP contribution in [0.4, 0.5) is 0 Å². The van der Waals surface area contributed by atoms with Gasteiger partial charge in [0.15, 0.2) is 0 Å². The fourth-order valence-corrected chi connectivity index (χ4v) is 5.39. The highest BCUT2D eigenvalue weighted by Crippen LogP contribution is 2.43. The van der Waals surface area contributed by atoms with E-state index in [0.717, 1.165) is 70.6 Å². The number of hydrogen-bond acceptors (Lipinski definition) is 8. The molecule has 0 spiro atoms. The maximum atomic E-state index is 12.5. The fraction of sp³-hybridized carbons (Fsp3) is 0.806. The van der Waals surface area contributed by atoms with Gasteiger partial charge in [-0.25, -0.2) is 4.57 Å². The van der Waals surface area contributed by atoms with Crippen molar-refractivity contribution in [1.82, 2.24) is 0 Å². The van der Waals surface area contributed by atoms with Crippen LogP contribution < -0.4 is 0 Å². The number of aliphatic hydroxyl groups is 2. The molecular formula is C36H67O9P. The van der Waals surface area contributed by atoms with Crippen LogP contribution in [0.2, 0.25) is 0 Å². The van der Waals surface area contributed by atoms with Crippen molar-refractivity contribution < 1.29 is 43.0 Å². The number of aliphatic hydroxyl groups excluding tert-OH is 2. The van der Waals surface area contributed by atoms with Crippen LogP contribution in [-0.4, -0.2) is 66.3 Å². The summed E-state index contributed by atoms with van der Waals surface area (Å²) in [7, 11) is -4.50. The van der Waals surface area contributed by atoms with Gasteiger partial charge in [0.2, 0.25) is 0 Å². The van der Waals surface area contributed by atoms with Crippen molar-refractivity contribution in [2.75, 3.05) is 33.0 Å². The van der Waals surface area contributed by atoms with Crippen LogP contribution in [0.1, 0.15) is 142 Å². The molecule has 0 fully saturated rings. The van der Waals surface area contributed by atoms with Crippen LogP contribution >= 0.6 is 7.82 Å². The summed E-state index contributed by atoms with van der Waals surface area (Å²) in [5.74, 6) is -0.396. The SMILES string of the molecule is CC/C=C\C/C=C\C/C=C\CCCCCCCCCC(=O)OC(COCCCCCCCCCC)COP(=O)(O)OCC(O)CO. The molecule has 0 rings (SSSR count). The van der Waals surface area contributed by atoms with Crippen LogP contribution in [0.5, 0.6) is 0 Å². The van der Waals surface area contributed by atoms with Gasteiger partial charge in [0.1, 0.15) is 12.2 Å². The highest BCUT2D eigenvalue weighted by molar-refractivity contribution is 7.47. The summed E-state index contributed by atoms with van der Waals surface area (Å²) in [6, 6.07) is 0. The molecule has 0 saturated heterocycles. The molecule has 0 saturated carbocycles. The number of unbranched alkanes of at least 4 members (excludes halogenated alkanes) is 14. The lowest BCUT2D eigenvalue weighted by atomic mass is 10.1.